The summed E-state index contributed by atoms with van der Waals surface area (Å²) in [6, 6.07) is 14.2. The number of nitrogens with zero attached hydrogens (tertiary/aromatic N) is 3. The van der Waals surface area contributed by atoms with Gasteiger partial charge in [-0.25, -0.2) is 18.4 Å². The second-order valence-electron chi connectivity index (χ2n) is 6.47. The highest BCUT2D eigenvalue weighted by molar-refractivity contribution is 8.08. The number of sulfone groups is 1. The number of anilines is 2. The van der Waals surface area contributed by atoms with Crippen molar-refractivity contribution in [2.24, 2.45) is 5.10 Å². The summed E-state index contributed by atoms with van der Waals surface area (Å²) in [5.74, 6) is -0.556. The molecule has 29 heavy (non-hydrogen) atoms. The van der Waals surface area contributed by atoms with Crippen molar-refractivity contribution in [3.63, 3.8) is 0 Å². The van der Waals surface area contributed by atoms with Crippen molar-refractivity contribution in [3.05, 3.63) is 70.5 Å². The summed E-state index contributed by atoms with van der Waals surface area (Å²) in [4.78, 5) is 18.0. The van der Waals surface area contributed by atoms with Crippen molar-refractivity contribution in [3.8, 4) is 0 Å². The zero-order chi connectivity index (χ0) is 20.4. The van der Waals surface area contributed by atoms with Crippen LogP contribution in [-0.4, -0.2) is 30.9 Å². The lowest BCUT2D eigenvalue weighted by Crippen LogP contribution is -2.40. The third-order valence-corrected chi connectivity index (χ3v) is 7.01. The summed E-state index contributed by atoms with van der Waals surface area (Å²) in [6.07, 6.45) is 2.12. The number of carbonyl (C=O) groups excluding carboxylic acids is 1. The average Bonchev–Trinajstić information content (AvgIpc) is 3.22. The lowest BCUT2D eigenvalue weighted by molar-refractivity contribution is -0.114. The van der Waals surface area contributed by atoms with Crippen LogP contribution in [0.3, 0.4) is 0 Å². The molecule has 1 aromatic carbocycles. The maximum Gasteiger partial charge on any atom is 0.284 e. The first-order valence-electron chi connectivity index (χ1n) is 8.93. The van der Waals surface area contributed by atoms with Crippen LogP contribution in [-0.2, 0) is 21.1 Å². The van der Waals surface area contributed by atoms with E-state index in [9.17, 15) is 13.2 Å². The Morgan fingerprint density at radius 3 is 2.66 bits per heavy atom. The number of fused-ring (bicyclic) bond motifs is 1. The van der Waals surface area contributed by atoms with Crippen LogP contribution in [0.4, 0.5) is 11.5 Å². The molecule has 9 heteroatoms. The highest BCUT2D eigenvalue weighted by Crippen LogP contribution is 2.34. The van der Waals surface area contributed by atoms with E-state index in [-0.39, 0.29) is 10.7 Å². The van der Waals surface area contributed by atoms with Gasteiger partial charge in [0.2, 0.25) is 14.9 Å². The minimum absolute atomic E-state index is 0.0426. The minimum Gasteiger partial charge on any atom is -0.350 e. The van der Waals surface area contributed by atoms with Gasteiger partial charge in [0, 0.05) is 17.6 Å². The fraction of sp³-hybridized carbons (Fsp3) is 0.150. The van der Waals surface area contributed by atoms with Gasteiger partial charge in [-0.15, -0.1) is 16.4 Å². The van der Waals surface area contributed by atoms with Gasteiger partial charge in [0.1, 0.15) is 4.90 Å². The van der Waals surface area contributed by atoms with E-state index in [1.807, 2.05) is 48.7 Å². The molecular formula is C20H18N4O3S2. The van der Waals surface area contributed by atoms with Crippen molar-refractivity contribution in [1.29, 1.82) is 0 Å². The van der Waals surface area contributed by atoms with Crippen molar-refractivity contribution in [2.45, 2.75) is 18.2 Å². The predicted octanol–water partition coefficient (Wildman–Crippen LogP) is 3.05. The number of rotatable bonds is 5. The largest absolute Gasteiger partial charge is 0.350 e. The Labute approximate surface area is 172 Å². The number of hydrazone groups is 1. The lowest BCUT2D eigenvalue weighted by Gasteiger charge is -2.26. The molecule has 0 saturated heterocycles. The summed E-state index contributed by atoms with van der Waals surface area (Å²) in [5.41, 5.74) is 1.67. The van der Waals surface area contributed by atoms with Crippen LogP contribution < -0.4 is 10.3 Å². The number of pyridine rings is 1. The molecule has 3 aromatic rings. The molecule has 0 radical (unpaired) electrons. The van der Waals surface area contributed by atoms with E-state index in [1.165, 1.54) is 23.3 Å². The molecule has 4 rings (SSSR count). The van der Waals surface area contributed by atoms with Crippen molar-refractivity contribution < 1.29 is 13.2 Å². The molecule has 1 aliphatic heterocycles. The van der Waals surface area contributed by atoms with Gasteiger partial charge in [0.15, 0.2) is 5.82 Å². The molecule has 0 spiro atoms. The number of aryl methyl sites for hydroxylation is 1. The second-order valence-corrected chi connectivity index (χ2v) is 9.33. The number of amides is 1. The van der Waals surface area contributed by atoms with Gasteiger partial charge in [0.25, 0.3) is 5.91 Å². The standard InChI is InChI=1S/C20H18N4O3S2/c1-14-6-8-15(9-7-14)24-18-17(5-2-11-21-18)29(26,27)20(23-24)19(25)22-12-10-16-4-3-13-28-16/h2-9,11,13H,10,12H2,1H3,(H,22,25). The molecule has 0 bridgehead atoms. The van der Waals surface area contributed by atoms with Gasteiger partial charge in [-0.2, -0.15) is 0 Å². The van der Waals surface area contributed by atoms with Crippen LogP contribution in [0.25, 0.3) is 0 Å². The molecule has 148 valence electrons. The third-order valence-electron chi connectivity index (χ3n) is 4.40. The van der Waals surface area contributed by atoms with Gasteiger partial charge in [-0.3, -0.25) is 4.79 Å². The molecule has 1 aliphatic rings. The van der Waals surface area contributed by atoms with Crippen LogP contribution in [0.5, 0.6) is 0 Å². The normalized spacial score (nSPS) is 14.8. The molecule has 3 heterocycles. The Balaban J connectivity index is 1.68. The Morgan fingerprint density at radius 2 is 1.93 bits per heavy atom. The number of hydrogen-bond donors (Lipinski definition) is 1. The van der Waals surface area contributed by atoms with E-state index in [1.54, 1.807) is 11.3 Å². The number of carbonyl (C=O) groups is 1. The van der Waals surface area contributed by atoms with Gasteiger partial charge in [-0.05, 0) is 49.1 Å². The summed E-state index contributed by atoms with van der Waals surface area (Å²) in [6.45, 7) is 2.27. The maximum absolute atomic E-state index is 13.0. The van der Waals surface area contributed by atoms with Crippen LogP contribution in [0.2, 0.25) is 0 Å². The molecule has 0 fully saturated rings. The Hall–Kier alpha value is -3.04. The number of benzene rings is 1. The topological polar surface area (TPSA) is 91.7 Å². The highest BCUT2D eigenvalue weighted by Gasteiger charge is 2.38. The molecule has 0 saturated carbocycles. The van der Waals surface area contributed by atoms with Crippen LogP contribution >= 0.6 is 11.3 Å². The number of hydrogen-bond acceptors (Lipinski definition) is 7. The second kappa shape index (κ2) is 7.76. The summed E-state index contributed by atoms with van der Waals surface area (Å²) < 4.78 is 26.0. The average molecular weight is 427 g/mol. The molecule has 0 unspecified atom stereocenters. The fourth-order valence-electron chi connectivity index (χ4n) is 2.91. The lowest BCUT2D eigenvalue weighted by atomic mass is 10.2. The van der Waals surface area contributed by atoms with E-state index in [0.29, 0.717) is 18.7 Å². The van der Waals surface area contributed by atoms with E-state index < -0.39 is 20.8 Å². The maximum atomic E-state index is 13.0. The summed E-state index contributed by atoms with van der Waals surface area (Å²) in [7, 11) is -4.08. The van der Waals surface area contributed by atoms with Crippen LogP contribution in [0.15, 0.2) is 70.1 Å². The van der Waals surface area contributed by atoms with Crippen molar-refractivity contribution >= 4 is 43.6 Å². The Morgan fingerprint density at radius 1 is 1.14 bits per heavy atom. The van der Waals surface area contributed by atoms with Gasteiger partial charge in [-0.1, -0.05) is 23.8 Å². The molecular weight excluding hydrogens is 408 g/mol. The first-order chi connectivity index (χ1) is 14.0. The Bertz CT molecular complexity index is 1170. The zero-order valence-electron chi connectivity index (χ0n) is 15.6. The van der Waals surface area contributed by atoms with Gasteiger partial charge >= 0.3 is 0 Å². The minimum atomic E-state index is -4.08. The zero-order valence-corrected chi connectivity index (χ0v) is 17.2. The van der Waals surface area contributed by atoms with E-state index in [4.69, 9.17) is 0 Å². The molecule has 7 nitrogen and oxygen atoms in total. The van der Waals surface area contributed by atoms with Gasteiger partial charge in [0.05, 0.1) is 5.69 Å². The first kappa shape index (κ1) is 19.3. The molecule has 1 amide bonds. The van der Waals surface area contributed by atoms with E-state index >= 15 is 0 Å². The molecule has 2 aromatic heterocycles. The van der Waals surface area contributed by atoms with E-state index in [0.717, 1.165) is 10.4 Å². The number of thiophene rings is 1. The van der Waals surface area contributed by atoms with Gasteiger partial charge < -0.3 is 5.32 Å². The molecule has 0 aliphatic carbocycles. The van der Waals surface area contributed by atoms with Crippen LogP contribution in [0, 0.1) is 6.92 Å². The highest BCUT2D eigenvalue weighted by atomic mass is 32.2. The van der Waals surface area contributed by atoms with Crippen LogP contribution in [0.1, 0.15) is 10.4 Å². The quantitative estimate of drug-likeness (QED) is 0.677. The van der Waals surface area contributed by atoms with E-state index in [2.05, 4.69) is 15.4 Å². The first-order valence-corrected chi connectivity index (χ1v) is 11.3. The summed E-state index contributed by atoms with van der Waals surface area (Å²) >= 11 is 1.58. The van der Waals surface area contributed by atoms with Crippen molar-refractivity contribution in [2.75, 3.05) is 11.6 Å². The molecule has 1 N–H and O–H groups in total. The van der Waals surface area contributed by atoms with Crippen molar-refractivity contribution in [1.82, 2.24) is 10.3 Å². The predicted molar refractivity (Wildman–Crippen MR) is 113 cm³/mol. The smallest absolute Gasteiger partial charge is 0.284 e. The molecule has 0 atom stereocenters. The number of nitrogens with one attached hydrogen (secondary N) is 1. The summed E-state index contributed by atoms with van der Waals surface area (Å²) in [5, 5.41) is 9.66. The Kier molecular flexibility index (Phi) is 5.16. The SMILES string of the molecule is Cc1ccc(N2N=C(C(=O)NCCc3cccs3)S(=O)(=O)c3cccnc32)cc1. The fourth-order valence-corrected chi connectivity index (χ4v) is 4.97. The third kappa shape index (κ3) is 3.79. The number of aromatic nitrogens is 1. The monoisotopic (exact) mass is 426 g/mol.